The van der Waals surface area contributed by atoms with E-state index < -0.39 is 38.7 Å². The molecule has 9 heterocycles. The fourth-order valence-corrected chi connectivity index (χ4v) is 12.6. The summed E-state index contributed by atoms with van der Waals surface area (Å²) in [6.07, 6.45) is 20.2. The number of nitrogen functional groups attached to an aromatic ring is 1. The highest BCUT2D eigenvalue weighted by molar-refractivity contribution is 7.88. The zero-order valence-corrected chi connectivity index (χ0v) is 51.2. The number of hydrogen-bond donors (Lipinski definition) is 2. The second-order valence-corrected chi connectivity index (χ2v) is 27.0. The van der Waals surface area contributed by atoms with Crippen molar-refractivity contribution in [3.8, 4) is 5.75 Å². The molecule has 20 nitrogen and oxygen atoms in total. The third kappa shape index (κ3) is 13.5. The number of anilines is 3. The smallest absolute Gasteiger partial charge is 0.444 e. The van der Waals surface area contributed by atoms with Crippen LogP contribution in [0.1, 0.15) is 167 Å². The molecule has 1 aromatic carbocycles. The average molecular weight is 1200 g/mol. The summed E-state index contributed by atoms with van der Waals surface area (Å²) in [6, 6.07) is 12.8. The Kier molecular flexibility index (Phi) is 17.2. The fourth-order valence-electron chi connectivity index (χ4n) is 12.1. The Hall–Kier alpha value is -7.89. The molecule has 4 aliphatic rings. The normalized spacial score (nSPS) is 20.9. The summed E-state index contributed by atoms with van der Waals surface area (Å²) in [5, 5.41) is 7.77. The topological polar surface area (TPSA) is 241 Å². The quantitative estimate of drug-likeness (QED) is 0.116. The molecule has 2 aliphatic carbocycles. The molecule has 458 valence electrons. The Morgan fingerprint density at radius 1 is 0.616 bits per heavy atom. The van der Waals surface area contributed by atoms with E-state index >= 15 is 0 Å². The third-order valence-corrected chi connectivity index (χ3v) is 17.3. The first kappa shape index (κ1) is 61.2. The predicted octanol–water partition coefficient (Wildman–Crippen LogP) is 13.8. The minimum absolute atomic E-state index is 0.0788. The van der Waals surface area contributed by atoms with E-state index in [0.717, 1.165) is 80.5 Å². The number of alkyl halides is 3. The number of benzene rings is 1. The lowest BCUT2D eigenvalue weighted by atomic mass is 9.87. The number of carbonyl (C=O) groups excluding carboxylic acids is 2. The largest absolute Gasteiger partial charge is 0.534 e. The van der Waals surface area contributed by atoms with Crippen molar-refractivity contribution >= 4 is 83.9 Å². The van der Waals surface area contributed by atoms with Gasteiger partial charge in [0.1, 0.15) is 34.1 Å². The summed E-state index contributed by atoms with van der Waals surface area (Å²) in [5.41, 5.74) is 6.62. The van der Waals surface area contributed by atoms with Crippen LogP contribution >= 0.6 is 0 Å². The van der Waals surface area contributed by atoms with Crippen molar-refractivity contribution < 1.29 is 44.8 Å². The number of rotatable bonds is 6. The average Bonchev–Trinajstić information content (AvgIpc) is 1.71. The maximum absolute atomic E-state index is 12.7. The molecule has 2 aliphatic heterocycles. The highest BCUT2D eigenvalue weighted by Crippen LogP contribution is 2.41. The highest BCUT2D eigenvalue weighted by Gasteiger charge is 2.49. The van der Waals surface area contributed by atoms with Crippen molar-refractivity contribution in [2.24, 2.45) is 11.8 Å². The first-order valence-electron chi connectivity index (χ1n) is 29.4. The summed E-state index contributed by atoms with van der Waals surface area (Å²) in [5.74, 6) is 2.58. The molecule has 3 N–H and O–H groups in total. The summed E-state index contributed by atoms with van der Waals surface area (Å²) >= 11 is 0. The van der Waals surface area contributed by atoms with Gasteiger partial charge in [0, 0.05) is 84.0 Å². The Balaban J connectivity index is 0.000000152. The van der Waals surface area contributed by atoms with Gasteiger partial charge in [-0.15, -0.1) is 0 Å². The SMILES string of the molecule is CC1CCC(n2c3cnccc3c3cnc(N)nc32)CC1.CC1CCC(n2c3cnccc3c3cnc(Nc4ccc5c(n4)C(C)CN(C(=O)OC(C)(C)C)C5)nc32)CC1.CC1CN(C(=O)OC(C)(C)C)Cc2ccc(OS(=O)(=O)C(F)(F)F)cc21. The van der Waals surface area contributed by atoms with Crippen LogP contribution in [0.2, 0.25) is 0 Å². The number of pyridine rings is 3. The number of hydrogen-bond acceptors (Lipinski definition) is 16. The molecule has 2 amide bonds. The van der Waals surface area contributed by atoms with Crippen molar-refractivity contribution in [1.29, 1.82) is 0 Å². The minimum atomic E-state index is -5.72. The summed E-state index contributed by atoms with van der Waals surface area (Å²) in [4.78, 5) is 60.1. The van der Waals surface area contributed by atoms with E-state index in [1.165, 1.54) is 60.9 Å². The van der Waals surface area contributed by atoms with Crippen LogP contribution in [0.15, 0.2) is 79.6 Å². The van der Waals surface area contributed by atoms with Gasteiger partial charge in [-0.1, -0.05) is 39.8 Å². The number of fused-ring (bicyclic) bond motifs is 8. The lowest BCUT2D eigenvalue weighted by Gasteiger charge is -2.34. The maximum atomic E-state index is 12.7. The monoisotopic (exact) mass is 1200 g/mol. The second-order valence-electron chi connectivity index (χ2n) is 25.5. The van der Waals surface area contributed by atoms with Crippen molar-refractivity contribution in [2.45, 2.75) is 174 Å². The zero-order valence-electron chi connectivity index (χ0n) is 50.4. The van der Waals surface area contributed by atoms with Gasteiger partial charge in [0.05, 0.1) is 35.7 Å². The van der Waals surface area contributed by atoms with Gasteiger partial charge >= 0.3 is 27.8 Å². The van der Waals surface area contributed by atoms with Gasteiger partial charge in [-0.05, 0) is 158 Å². The van der Waals surface area contributed by atoms with E-state index in [9.17, 15) is 31.2 Å². The van der Waals surface area contributed by atoms with Crippen molar-refractivity contribution in [3.63, 3.8) is 0 Å². The zero-order chi connectivity index (χ0) is 61.6. The molecule has 8 aromatic rings. The van der Waals surface area contributed by atoms with Crippen LogP contribution in [0.5, 0.6) is 5.75 Å². The number of carbonyl (C=O) groups is 2. The molecule has 2 unspecified atom stereocenters. The number of amides is 2. The second kappa shape index (κ2) is 24.1. The summed E-state index contributed by atoms with van der Waals surface area (Å²) < 4.78 is 79.4. The Morgan fingerprint density at radius 3 is 1.65 bits per heavy atom. The van der Waals surface area contributed by atoms with Crippen LogP contribution in [0.4, 0.5) is 40.5 Å². The van der Waals surface area contributed by atoms with Crippen LogP contribution in [-0.2, 0) is 32.7 Å². The highest BCUT2D eigenvalue weighted by atomic mass is 32.2. The van der Waals surface area contributed by atoms with Crippen LogP contribution in [0.25, 0.3) is 43.9 Å². The first-order valence-corrected chi connectivity index (χ1v) is 30.8. The van der Waals surface area contributed by atoms with Crippen LogP contribution in [0.3, 0.4) is 0 Å². The molecule has 7 aromatic heterocycles. The number of nitrogens with one attached hydrogen (secondary N) is 1. The van der Waals surface area contributed by atoms with E-state index in [4.69, 9.17) is 25.2 Å². The lowest BCUT2D eigenvalue weighted by Crippen LogP contribution is -2.41. The predicted molar refractivity (Wildman–Crippen MR) is 323 cm³/mol. The van der Waals surface area contributed by atoms with Gasteiger partial charge in [0.2, 0.25) is 11.9 Å². The molecule has 12 rings (SSSR count). The summed E-state index contributed by atoms with van der Waals surface area (Å²) in [6.45, 7) is 21.0. The van der Waals surface area contributed by atoms with Crippen LogP contribution in [-0.4, -0.2) is 104 Å². The summed E-state index contributed by atoms with van der Waals surface area (Å²) in [7, 11) is -5.72. The molecular formula is C62H76F3N13O7S. The van der Waals surface area contributed by atoms with Crippen molar-refractivity contribution in [3.05, 3.63) is 102 Å². The molecule has 0 bridgehead atoms. The van der Waals surface area contributed by atoms with Crippen LogP contribution < -0.4 is 15.2 Å². The standard InChI is InChI=1S/C30H37N7O2.C16H20F3NO5S.C16H19N5/c1-18-6-9-21(10-7-18)37-24-15-31-13-12-22(24)23-14-32-28(35-27(23)37)34-25-11-8-20-17-36(16-19(2)26(20)33-25)29(38)39-30(3,4)5;1-10-8-20(14(21)24-15(2,3)4)9-11-5-6-12(7-13(10)11)25-26(22,23)16(17,18)19;1-10-2-4-11(5-3-10)21-14-9-18-7-6-12(14)13-8-19-16(17)20-15(13)21/h8,11-15,18-19,21H,6-7,9-10,16-17H2,1-5H3,(H,32,33,34,35);5-7,10H,8-9H2,1-4H3;6-11H,2-5H2,1H3,(H2,17,19,20). The van der Waals surface area contributed by atoms with Gasteiger partial charge in [0.15, 0.2) is 0 Å². The van der Waals surface area contributed by atoms with E-state index in [-0.39, 0.29) is 31.0 Å². The number of ether oxygens (including phenoxy) is 2. The third-order valence-electron chi connectivity index (χ3n) is 16.3. The molecule has 2 fully saturated rings. The molecule has 0 saturated heterocycles. The van der Waals surface area contributed by atoms with E-state index in [1.54, 1.807) is 32.6 Å². The van der Waals surface area contributed by atoms with E-state index in [1.807, 2.05) is 76.2 Å². The fraction of sp³-hybridized carbons (Fsp3) is 0.500. The van der Waals surface area contributed by atoms with E-state index in [2.05, 4.69) is 70.4 Å². The molecule has 86 heavy (non-hydrogen) atoms. The minimum Gasteiger partial charge on any atom is -0.444 e. The van der Waals surface area contributed by atoms with Gasteiger partial charge < -0.3 is 43.6 Å². The molecule has 0 radical (unpaired) electrons. The molecule has 2 atom stereocenters. The Labute approximate surface area is 498 Å². The van der Waals surface area contributed by atoms with Gasteiger partial charge in [-0.3, -0.25) is 9.97 Å². The van der Waals surface area contributed by atoms with E-state index in [0.29, 0.717) is 54.0 Å². The molecule has 24 heteroatoms. The van der Waals surface area contributed by atoms with Crippen molar-refractivity contribution in [1.82, 2.24) is 53.8 Å². The Bertz CT molecular complexity index is 3920. The maximum Gasteiger partial charge on any atom is 0.534 e. The lowest BCUT2D eigenvalue weighted by molar-refractivity contribution is -0.0500. The number of aromatic nitrogens is 9. The van der Waals surface area contributed by atoms with Gasteiger partial charge in [-0.2, -0.15) is 31.6 Å². The molecule has 2 saturated carbocycles. The number of halogens is 3. The Morgan fingerprint density at radius 2 is 1.12 bits per heavy atom. The molecular weight excluding hydrogens is 1130 g/mol. The molecule has 0 spiro atoms. The van der Waals surface area contributed by atoms with Crippen molar-refractivity contribution in [2.75, 3.05) is 24.1 Å². The van der Waals surface area contributed by atoms with Crippen LogP contribution in [0, 0.1) is 11.8 Å². The van der Waals surface area contributed by atoms with Gasteiger partial charge in [0.25, 0.3) is 0 Å². The number of nitrogens with zero attached hydrogens (tertiary/aromatic N) is 11. The van der Waals surface area contributed by atoms with Gasteiger partial charge in [-0.25, -0.2) is 24.5 Å². The first-order chi connectivity index (χ1) is 40.6. The number of nitrogens with two attached hydrogens (primary N) is 1.